The third-order valence-corrected chi connectivity index (χ3v) is 5.43. The molecule has 2 rings (SSSR count). The number of carbonyl (C=O) groups is 2. The van der Waals surface area contributed by atoms with Gasteiger partial charge in [0.2, 0.25) is 11.8 Å². The van der Waals surface area contributed by atoms with Crippen molar-refractivity contribution in [1.82, 2.24) is 4.90 Å². The molecule has 0 unspecified atom stereocenters. The Balaban J connectivity index is 2.08. The first kappa shape index (κ1) is 24.4. The molecule has 0 aliphatic heterocycles. The summed E-state index contributed by atoms with van der Waals surface area (Å²) in [5.74, 6) is 0.101. The molecule has 0 aliphatic rings. The van der Waals surface area contributed by atoms with Gasteiger partial charge in [0, 0.05) is 32.8 Å². The largest absolute Gasteiger partial charge is 0.379 e. The first-order valence-electron chi connectivity index (χ1n) is 9.78. The molecular weight excluding hydrogens is 420 g/mol. The lowest BCUT2D eigenvalue weighted by Gasteiger charge is -2.24. The van der Waals surface area contributed by atoms with Crippen molar-refractivity contribution in [3.8, 4) is 5.75 Å². The summed E-state index contributed by atoms with van der Waals surface area (Å²) in [5, 5.41) is 2.57. The predicted octanol–water partition coefficient (Wildman–Crippen LogP) is 3.04. The molecule has 1 N–H and O–H groups in total. The van der Waals surface area contributed by atoms with Crippen molar-refractivity contribution in [3.05, 3.63) is 54.1 Å². The van der Waals surface area contributed by atoms with E-state index in [2.05, 4.69) is 5.32 Å². The van der Waals surface area contributed by atoms with Gasteiger partial charge < -0.3 is 19.1 Å². The van der Waals surface area contributed by atoms with E-state index in [-0.39, 0.29) is 29.1 Å². The van der Waals surface area contributed by atoms with Crippen LogP contribution >= 0.6 is 0 Å². The molecule has 8 nitrogen and oxygen atoms in total. The Bertz CT molecular complexity index is 986. The van der Waals surface area contributed by atoms with E-state index in [4.69, 9.17) is 8.92 Å². The highest BCUT2D eigenvalue weighted by molar-refractivity contribution is 7.87. The fourth-order valence-electron chi connectivity index (χ4n) is 2.86. The number of rotatable bonds is 10. The first-order valence-corrected chi connectivity index (χ1v) is 11.2. The number of hydrogen-bond donors (Lipinski definition) is 1. The molecule has 0 spiro atoms. The summed E-state index contributed by atoms with van der Waals surface area (Å²) in [6.07, 6.45) is 0. The van der Waals surface area contributed by atoms with Crippen molar-refractivity contribution in [2.75, 3.05) is 25.6 Å². The van der Waals surface area contributed by atoms with E-state index in [0.717, 1.165) is 5.56 Å². The molecule has 168 valence electrons. The van der Waals surface area contributed by atoms with E-state index in [1.807, 2.05) is 13.8 Å². The number of carbonyl (C=O) groups excluding carboxylic acids is 2. The van der Waals surface area contributed by atoms with Crippen LogP contribution in [0.4, 0.5) is 5.69 Å². The Hall–Kier alpha value is -2.91. The van der Waals surface area contributed by atoms with E-state index in [9.17, 15) is 18.0 Å². The zero-order valence-corrected chi connectivity index (χ0v) is 18.9. The number of nitrogens with one attached hydrogen (secondary N) is 1. The van der Waals surface area contributed by atoms with Crippen LogP contribution in [0.25, 0.3) is 0 Å². The molecule has 2 aromatic carbocycles. The normalized spacial score (nSPS) is 11.3. The summed E-state index contributed by atoms with van der Waals surface area (Å²) in [6, 6.07) is 12.2. The summed E-state index contributed by atoms with van der Waals surface area (Å²) < 4.78 is 35.2. The summed E-state index contributed by atoms with van der Waals surface area (Å²) in [5.41, 5.74) is 1.33. The smallest absolute Gasteiger partial charge is 0.339 e. The zero-order valence-electron chi connectivity index (χ0n) is 18.1. The molecule has 0 aromatic heterocycles. The van der Waals surface area contributed by atoms with Crippen LogP contribution in [0.2, 0.25) is 0 Å². The maximum absolute atomic E-state index is 12.5. The Kier molecular flexibility index (Phi) is 8.58. The van der Waals surface area contributed by atoms with Crippen LogP contribution in [0, 0.1) is 5.92 Å². The van der Waals surface area contributed by atoms with E-state index in [0.29, 0.717) is 24.7 Å². The maximum atomic E-state index is 12.5. The second-order valence-corrected chi connectivity index (χ2v) is 9.03. The lowest BCUT2D eigenvalue weighted by atomic mass is 10.1. The molecule has 31 heavy (non-hydrogen) atoms. The SMILES string of the molecule is COCC(=O)N(Cc1ccc(OS(=O)(=O)c2ccc(NC(C)=O)cc2)cc1)CC(C)C. The molecule has 0 saturated heterocycles. The van der Waals surface area contributed by atoms with Crippen LogP contribution in [0.5, 0.6) is 5.75 Å². The highest BCUT2D eigenvalue weighted by Gasteiger charge is 2.18. The van der Waals surface area contributed by atoms with E-state index in [1.54, 1.807) is 29.2 Å². The number of methoxy groups -OCH3 is 1. The average Bonchev–Trinajstić information content (AvgIpc) is 2.68. The van der Waals surface area contributed by atoms with E-state index < -0.39 is 10.1 Å². The van der Waals surface area contributed by atoms with Gasteiger partial charge in [0.1, 0.15) is 17.3 Å². The third kappa shape index (κ3) is 7.69. The Morgan fingerprint density at radius 1 is 1.03 bits per heavy atom. The topological polar surface area (TPSA) is 102 Å². The van der Waals surface area contributed by atoms with Crippen molar-refractivity contribution in [2.24, 2.45) is 5.92 Å². The van der Waals surface area contributed by atoms with Gasteiger partial charge in [-0.05, 0) is 47.9 Å². The fourth-order valence-corrected chi connectivity index (χ4v) is 3.79. The van der Waals surface area contributed by atoms with Gasteiger partial charge in [-0.1, -0.05) is 26.0 Å². The number of amides is 2. The van der Waals surface area contributed by atoms with Gasteiger partial charge in [-0.15, -0.1) is 0 Å². The molecule has 0 aliphatic carbocycles. The van der Waals surface area contributed by atoms with Crippen molar-refractivity contribution in [1.29, 1.82) is 0 Å². The Morgan fingerprint density at radius 2 is 1.65 bits per heavy atom. The first-order chi connectivity index (χ1) is 14.6. The molecule has 0 radical (unpaired) electrons. The van der Waals surface area contributed by atoms with Crippen molar-refractivity contribution >= 4 is 27.6 Å². The molecule has 0 saturated carbocycles. The summed E-state index contributed by atoms with van der Waals surface area (Å²) in [7, 11) is -2.55. The van der Waals surface area contributed by atoms with E-state index >= 15 is 0 Å². The molecular formula is C22H28N2O6S. The highest BCUT2D eigenvalue weighted by atomic mass is 32.2. The summed E-state index contributed by atoms with van der Waals surface area (Å²) >= 11 is 0. The lowest BCUT2D eigenvalue weighted by Crippen LogP contribution is -2.36. The Morgan fingerprint density at radius 3 is 2.16 bits per heavy atom. The lowest BCUT2D eigenvalue weighted by molar-refractivity contribution is -0.136. The minimum atomic E-state index is -4.02. The van der Waals surface area contributed by atoms with Gasteiger partial charge in [-0.25, -0.2) is 0 Å². The number of hydrogen-bond acceptors (Lipinski definition) is 6. The summed E-state index contributed by atoms with van der Waals surface area (Å²) in [4.78, 5) is 25.0. The second kappa shape index (κ2) is 10.9. The number of ether oxygens (including phenoxy) is 1. The van der Waals surface area contributed by atoms with Gasteiger partial charge in [0.05, 0.1) is 0 Å². The van der Waals surface area contributed by atoms with Crippen LogP contribution in [-0.2, 0) is 31.0 Å². The quantitative estimate of drug-likeness (QED) is 0.561. The summed E-state index contributed by atoms with van der Waals surface area (Å²) in [6.45, 7) is 6.40. The molecule has 0 heterocycles. The number of anilines is 1. The van der Waals surface area contributed by atoms with Crippen LogP contribution < -0.4 is 9.50 Å². The minimum absolute atomic E-state index is 0.00683. The zero-order chi connectivity index (χ0) is 23.0. The predicted molar refractivity (Wildman–Crippen MR) is 117 cm³/mol. The number of nitrogens with zero attached hydrogens (tertiary/aromatic N) is 1. The van der Waals surface area contributed by atoms with Crippen molar-refractivity contribution < 1.29 is 26.9 Å². The fraction of sp³-hybridized carbons (Fsp3) is 0.364. The minimum Gasteiger partial charge on any atom is -0.379 e. The van der Waals surface area contributed by atoms with Gasteiger partial charge in [0.25, 0.3) is 0 Å². The standard InChI is InChI=1S/C22H28N2O6S/c1-16(2)13-24(22(26)15-29-4)14-18-5-9-20(10-6-18)30-31(27,28)21-11-7-19(8-12-21)23-17(3)25/h5-12,16H,13-15H2,1-4H3,(H,23,25). The van der Waals surface area contributed by atoms with Crippen LogP contribution in [0.1, 0.15) is 26.3 Å². The number of benzene rings is 2. The maximum Gasteiger partial charge on any atom is 0.339 e. The van der Waals surface area contributed by atoms with Crippen molar-refractivity contribution in [3.63, 3.8) is 0 Å². The molecule has 2 aromatic rings. The monoisotopic (exact) mass is 448 g/mol. The molecule has 9 heteroatoms. The average molecular weight is 449 g/mol. The molecule has 0 bridgehead atoms. The van der Waals surface area contributed by atoms with Crippen LogP contribution in [-0.4, -0.2) is 45.4 Å². The molecule has 0 fully saturated rings. The van der Waals surface area contributed by atoms with Gasteiger partial charge in [-0.2, -0.15) is 8.42 Å². The van der Waals surface area contributed by atoms with E-state index in [1.165, 1.54) is 38.3 Å². The third-order valence-electron chi connectivity index (χ3n) is 4.17. The molecule has 0 atom stereocenters. The molecule has 2 amide bonds. The van der Waals surface area contributed by atoms with Crippen LogP contribution in [0.15, 0.2) is 53.4 Å². The Labute approximate surface area is 183 Å². The van der Waals surface area contributed by atoms with Gasteiger partial charge in [-0.3, -0.25) is 9.59 Å². The van der Waals surface area contributed by atoms with Crippen LogP contribution in [0.3, 0.4) is 0 Å². The van der Waals surface area contributed by atoms with Gasteiger partial charge >= 0.3 is 10.1 Å². The second-order valence-electron chi connectivity index (χ2n) is 7.49. The van der Waals surface area contributed by atoms with Crippen molar-refractivity contribution in [2.45, 2.75) is 32.2 Å². The van der Waals surface area contributed by atoms with Gasteiger partial charge in [0.15, 0.2) is 0 Å². The highest BCUT2D eigenvalue weighted by Crippen LogP contribution is 2.21.